The third kappa shape index (κ3) is 8.43. The molecule has 0 N–H and O–H groups in total. The second-order valence-electron chi connectivity index (χ2n) is 2.33. The molecule has 62 valence electrons. The van der Waals surface area contributed by atoms with Crippen LogP contribution in [0.25, 0.3) is 0 Å². The summed E-state index contributed by atoms with van der Waals surface area (Å²) in [6.45, 7) is 2.07. The van der Waals surface area contributed by atoms with E-state index in [0.717, 1.165) is 19.3 Å². The van der Waals surface area contributed by atoms with Gasteiger partial charge in [-0.05, 0) is 12.8 Å². The number of halogens is 1. The molecule has 0 aromatic carbocycles. The fraction of sp³-hybridized carbons (Fsp3) is 1.00. The van der Waals surface area contributed by atoms with Crippen LogP contribution in [0.2, 0.25) is 0 Å². The fourth-order valence-electron chi connectivity index (χ4n) is 0.667. The van der Waals surface area contributed by atoms with Crippen LogP contribution < -0.4 is 0 Å². The molecule has 0 saturated carbocycles. The molecule has 4 heteroatoms. The highest BCUT2D eigenvalue weighted by Gasteiger charge is 1.95. The van der Waals surface area contributed by atoms with E-state index in [4.69, 9.17) is 0 Å². The molecular formula is C6H13BrO2S. The summed E-state index contributed by atoms with van der Waals surface area (Å²) in [5, 5.41) is 0. The molecular weight excluding hydrogens is 216 g/mol. The Morgan fingerprint density at radius 2 is 2.00 bits per heavy atom. The molecule has 0 aliphatic heterocycles. The van der Waals surface area contributed by atoms with Crippen molar-refractivity contribution < 1.29 is 8.42 Å². The van der Waals surface area contributed by atoms with Crippen molar-refractivity contribution in [2.75, 3.05) is 5.75 Å². The van der Waals surface area contributed by atoms with E-state index in [1.54, 1.807) is 0 Å². The lowest BCUT2D eigenvalue weighted by atomic mass is 10.2. The van der Waals surface area contributed by atoms with Gasteiger partial charge in [-0.1, -0.05) is 29.3 Å². The van der Waals surface area contributed by atoms with E-state index in [1.807, 2.05) is 0 Å². The van der Waals surface area contributed by atoms with Gasteiger partial charge in [0.05, 0.1) is 0 Å². The van der Waals surface area contributed by atoms with Crippen LogP contribution >= 0.6 is 15.9 Å². The first-order chi connectivity index (χ1) is 4.63. The molecule has 0 aliphatic carbocycles. The van der Waals surface area contributed by atoms with Crippen molar-refractivity contribution in [3.8, 4) is 0 Å². The first-order valence-electron chi connectivity index (χ1n) is 3.39. The van der Waals surface area contributed by atoms with Crippen LogP contribution in [-0.2, 0) is 10.7 Å². The van der Waals surface area contributed by atoms with Gasteiger partial charge in [-0.2, -0.15) is 0 Å². The van der Waals surface area contributed by atoms with Gasteiger partial charge in [0, 0.05) is 10.6 Å². The molecule has 0 saturated heterocycles. The van der Waals surface area contributed by atoms with Crippen LogP contribution in [0.1, 0.15) is 26.2 Å². The van der Waals surface area contributed by atoms with Gasteiger partial charge in [-0.15, -0.1) is 0 Å². The Morgan fingerprint density at radius 1 is 1.40 bits per heavy atom. The number of alkyl halides is 1. The van der Waals surface area contributed by atoms with Gasteiger partial charge in [-0.25, -0.2) is 8.42 Å². The molecule has 0 heterocycles. The standard InChI is InChI=1S/C6H13BrO2S/c1-6(7)4-2-3-5-10(8)9/h6,10H,2-5H2,1H3. The van der Waals surface area contributed by atoms with E-state index >= 15 is 0 Å². The third-order valence-electron chi connectivity index (χ3n) is 1.19. The molecule has 0 rings (SSSR count). The maximum absolute atomic E-state index is 10.1. The largest absolute Gasteiger partial charge is 0.232 e. The Morgan fingerprint density at radius 3 is 2.40 bits per heavy atom. The van der Waals surface area contributed by atoms with E-state index in [1.165, 1.54) is 0 Å². The summed E-state index contributed by atoms with van der Waals surface area (Å²) in [4.78, 5) is 0.511. The average Bonchev–Trinajstić information content (AvgIpc) is 1.79. The molecule has 0 amide bonds. The summed E-state index contributed by atoms with van der Waals surface area (Å²) in [5.74, 6) is 0.342. The zero-order valence-electron chi connectivity index (χ0n) is 6.05. The third-order valence-corrected chi connectivity index (χ3v) is 2.33. The predicted octanol–water partition coefficient (Wildman–Crippen LogP) is 1.55. The summed E-state index contributed by atoms with van der Waals surface area (Å²) >= 11 is 3.39. The highest BCUT2D eigenvalue weighted by Crippen LogP contribution is 2.07. The lowest BCUT2D eigenvalue weighted by molar-refractivity contribution is 0.608. The van der Waals surface area contributed by atoms with Gasteiger partial charge in [0.1, 0.15) is 10.7 Å². The molecule has 0 aliphatic rings. The molecule has 1 unspecified atom stereocenters. The Hall–Kier alpha value is 0.430. The Labute approximate surface area is 72.1 Å². The first-order valence-corrected chi connectivity index (χ1v) is 5.66. The molecule has 0 bridgehead atoms. The van der Waals surface area contributed by atoms with Gasteiger partial charge < -0.3 is 0 Å². The summed E-state index contributed by atoms with van der Waals surface area (Å²) in [6.07, 6.45) is 2.85. The molecule has 0 aromatic rings. The first kappa shape index (κ1) is 10.4. The Kier molecular flexibility index (Phi) is 6.43. The van der Waals surface area contributed by atoms with Crippen molar-refractivity contribution in [3.63, 3.8) is 0 Å². The van der Waals surface area contributed by atoms with E-state index in [-0.39, 0.29) is 0 Å². The average molecular weight is 229 g/mol. The van der Waals surface area contributed by atoms with Crippen LogP contribution in [0, 0.1) is 0 Å². The summed E-state index contributed by atoms with van der Waals surface area (Å²) in [5.41, 5.74) is 0. The number of hydrogen-bond donors (Lipinski definition) is 1. The molecule has 2 nitrogen and oxygen atoms in total. The van der Waals surface area contributed by atoms with E-state index in [9.17, 15) is 8.42 Å². The van der Waals surface area contributed by atoms with Gasteiger partial charge in [-0.3, -0.25) is 0 Å². The fourth-order valence-corrected chi connectivity index (χ4v) is 1.47. The minimum absolute atomic E-state index is 0.342. The normalized spacial score (nSPS) is 13.9. The van der Waals surface area contributed by atoms with Crippen molar-refractivity contribution >= 4 is 26.6 Å². The SMILES string of the molecule is CC(Br)CCCC[SH](=O)=O. The quantitative estimate of drug-likeness (QED) is 0.441. The van der Waals surface area contributed by atoms with Crippen molar-refractivity contribution in [2.45, 2.75) is 31.0 Å². The zero-order chi connectivity index (χ0) is 7.98. The van der Waals surface area contributed by atoms with E-state index < -0.39 is 10.7 Å². The Bertz CT molecular complexity index is 135. The number of hydrogen-bond acceptors (Lipinski definition) is 2. The van der Waals surface area contributed by atoms with Gasteiger partial charge in [0.25, 0.3) is 0 Å². The highest BCUT2D eigenvalue weighted by molar-refractivity contribution is 9.09. The topological polar surface area (TPSA) is 34.1 Å². The highest BCUT2D eigenvalue weighted by atomic mass is 79.9. The monoisotopic (exact) mass is 228 g/mol. The summed E-state index contributed by atoms with van der Waals surface area (Å²) < 4.78 is 20.1. The lowest BCUT2D eigenvalue weighted by Gasteiger charge is -1.98. The number of unbranched alkanes of at least 4 members (excludes halogenated alkanes) is 1. The molecule has 0 radical (unpaired) electrons. The second-order valence-corrected chi connectivity index (χ2v) is 5.01. The van der Waals surface area contributed by atoms with Gasteiger partial charge >= 0.3 is 0 Å². The summed E-state index contributed by atoms with van der Waals surface area (Å²) in [7, 11) is -2.15. The lowest BCUT2D eigenvalue weighted by Crippen LogP contribution is -1.92. The minimum Gasteiger partial charge on any atom is -0.232 e. The second kappa shape index (κ2) is 6.16. The van der Waals surface area contributed by atoms with Crippen LogP contribution in [0.5, 0.6) is 0 Å². The summed E-state index contributed by atoms with van der Waals surface area (Å²) in [6, 6.07) is 0. The molecule has 0 spiro atoms. The van der Waals surface area contributed by atoms with E-state index in [0.29, 0.717) is 10.6 Å². The maximum Gasteiger partial charge on any atom is 0.140 e. The van der Waals surface area contributed by atoms with Crippen LogP contribution in [0.3, 0.4) is 0 Å². The van der Waals surface area contributed by atoms with Crippen molar-refractivity contribution in [3.05, 3.63) is 0 Å². The van der Waals surface area contributed by atoms with Crippen molar-refractivity contribution in [1.82, 2.24) is 0 Å². The van der Waals surface area contributed by atoms with Gasteiger partial charge in [0.2, 0.25) is 0 Å². The Balaban J connectivity index is 3.06. The molecule has 1 atom stereocenters. The van der Waals surface area contributed by atoms with Crippen molar-refractivity contribution in [2.24, 2.45) is 0 Å². The zero-order valence-corrected chi connectivity index (χ0v) is 8.53. The van der Waals surface area contributed by atoms with Gasteiger partial charge in [0.15, 0.2) is 0 Å². The van der Waals surface area contributed by atoms with Crippen LogP contribution in [0.4, 0.5) is 0 Å². The smallest absolute Gasteiger partial charge is 0.140 e. The molecule has 0 fully saturated rings. The molecule has 0 aromatic heterocycles. The predicted molar refractivity (Wildman–Crippen MR) is 47.4 cm³/mol. The maximum atomic E-state index is 10.1. The number of thiol groups is 1. The van der Waals surface area contributed by atoms with Crippen LogP contribution in [-0.4, -0.2) is 19.0 Å². The van der Waals surface area contributed by atoms with E-state index in [2.05, 4.69) is 22.9 Å². The number of rotatable bonds is 5. The van der Waals surface area contributed by atoms with Crippen LogP contribution in [0.15, 0.2) is 0 Å². The molecule has 10 heavy (non-hydrogen) atoms. The minimum atomic E-state index is -2.15. The van der Waals surface area contributed by atoms with Crippen molar-refractivity contribution in [1.29, 1.82) is 0 Å².